The fourth-order valence-corrected chi connectivity index (χ4v) is 2.79. The minimum atomic E-state index is 0.878. The molecule has 0 unspecified atom stereocenters. The third kappa shape index (κ3) is 3.40. The van der Waals surface area contributed by atoms with Crippen LogP contribution in [-0.4, -0.2) is 11.5 Å². The first-order valence-electron chi connectivity index (χ1n) is 6.43. The van der Waals surface area contributed by atoms with Crippen molar-refractivity contribution in [2.45, 2.75) is 33.7 Å². The molecule has 0 aliphatic carbocycles. The number of thiazole rings is 1. The molecule has 0 aliphatic rings. The smallest absolute Gasteiger partial charge is 0.107 e. The molecule has 0 atom stereocenters. The number of hydrogen-bond acceptors (Lipinski definition) is 3. The zero-order valence-electron chi connectivity index (χ0n) is 11.3. The summed E-state index contributed by atoms with van der Waals surface area (Å²) < 4.78 is 0. The highest BCUT2D eigenvalue weighted by molar-refractivity contribution is 7.09. The van der Waals surface area contributed by atoms with E-state index < -0.39 is 0 Å². The second kappa shape index (κ2) is 6.12. The van der Waals surface area contributed by atoms with Crippen molar-refractivity contribution < 1.29 is 0 Å². The average Bonchev–Trinajstić information content (AvgIpc) is 2.77. The lowest BCUT2D eigenvalue weighted by atomic mass is 10.1. The summed E-state index contributed by atoms with van der Waals surface area (Å²) >= 11 is 1.73. The van der Waals surface area contributed by atoms with Gasteiger partial charge in [0, 0.05) is 17.5 Å². The Morgan fingerprint density at radius 2 is 1.89 bits per heavy atom. The maximum absolute atomic E-state index is 4.69. The molecule has 2 rings (SSSR count). The highest BCUT2D eigenvalue weighted by Crippen LogP contribution is 2.24. The van der Waals surface area contributed by atoms with Gasteiger partial charge in [0.05, 0.1) is 5.69 Å². The van der Waals surface area contributed by atoms with Gasteiger partial charge in [-0.25, -0.2) is 4.98 Å². The maximum atomic E-state index is 4.69. The van der Waals surface area contributed by atoms with Crippen LogP contribution in [0.2, 0.25) is 0 Å². The first-order valence-corrected chi connectivity index (χ1v) is 7.31. The molecule has 2 nitrogen and oxygen atoms in total. The largest absolute Gasteiger partial charge is 0.310 e. The Morgan fingerprint density at radius 1 is 1.17 bits per heavy atom. The first kappa shape index (κ1) is 13.2. The Morgan fingerprint density at radius 3 is 2.56 bits per heavy atom. The molecule has 0 bridgehead atoms. The molecule has 2 aromatic rings. The number of nitrogens with zero attached hydrogens (tertiary/aromatic N) is 1. The quantitative estimate of drug-likeness (QED) is 0.824. The standard InChI is InChI=1S/C15H20N2S/c1-4-5-16-9-15-17-14(10-18-15)13-7-11(2)6-12(3)8-13/h6-8,10,16H,4-5,9H2,1-3H3. The summed E-state index contributed by atoms with van der Waals surface area (Å²) in [5, 5.41) is 6.70. The Labute approximate surface area is 113 Å². The van der Waals surface area contributed by atoms with E-state index in [0.29, 0.717) is 0 Å². The van der Waals surface area contributed by atoms with Crippen LogP contribution >= 0.6 is 11.3 Å². The van der Waals surface area contributed by atoms with Crippen molar-refractivity contribution in [1.29, 1.82) is 0 Å². The minimum absolute atomic E-state index is 0.878. The van der Waals surface area contributed by atoms with Crippen molar-refractivity contribution in [1.82, 2.24) is 10.3 Å². The van der Waals surface area contributed by atoms with Gasteiger partial charge in [0.1, 0.15) is 5.01 Å². The average molecular weight is 260 g/mol. The lowest BCUT2D eigenvalue weighted by Gasteiger charge is -2.02. The second-order valence-corrected chi connectivity index (χ2v) is 5.62. The molecule has 0 saturated heterocycles. The zero-order chi connectivity index (χ0) is 13.0. The van der Waals surface area contributed by atoms with Crippen molar-refractivity contribution in [2.75, 3.05) is 6.54 Å². The maximum Gasteiger partial charge on any atom is 0.107 e. The molecule has 0 amide bonds. The van der Waals surface area contributed by atoms with Gasteiger partial charge in [-0.1, -0.05) is 24.1 Å². The fourth-order valence-electron chi connectivity index (χ4n) is 2.02. The fraction of sp³-hybridized carbons (Fsp3) is 0.400. The van der Waals surface area contributed by atoms with Crippen molar-refractivity contribution in [3.05, 3.63) is 39.7 Å². The predicted octanol–water partition coefficient (Wildman–Crippen LogP) is 3.93. The van der Waals surface area contributed by atoms with Crippen molar-refractivity contribution in [3.63, 3.8) is 0 Å². The van der Waals surface area contributed by atoms with Crippen LogP contribution in [-0.2, 0) is 6.54 Å². The van der Waals surface area contributed by atoms with Crippen LogP contribution in [0.1, 0.15) is 29.5 Å². The van der Waals surface area contributed by atoms with E-state index in [1.165, 1.54) is 16.7 Å². The topological polar surface area (TPSA) is 24.9 Å². The monoisotopic (exact) mass is 260 g/mol. The zero-order valence-corrected chi connectivity index (χ0v) is 12.1. The van der Waals surface area contributed by atoms with Crippen molar-refractivity contribution in [3.8, 4) is 11.3 Å². The van der Waals surface area contributed by atoms with Gasteiger partial charge in [-0.05, 0) is 38.9 Å². The van der Waals surface area contributed by atoms with Crippen molar-refractivity contribution in [2.24, 2.45) is 0 Å². The van der Waals surface area contributed by atoms with Gasteiger partial charge in [0.15, 0.2) is 0 Å². The number of hydrogen-bond donors (Lipinski definition) is 1. The van der Waals surface area contributed by atoms with Gasteiger partial charge < -0.3 is 5.32 Å². The van der Waals surface area contributed by atoms with Crippen LogP contribution in [0.3, 0.4) is 0 Å². The summed E-state index contributed by atoms with van der Waals surface area (Å²) in [4.78, 5) is 4.69. The molecule has 0 fully saturated rings. The van der Waals surface area contributed by atoms with E-state index in [-0.39, 0.29) is 0 Å². The summed E-state index contributed by atoms with van der Waals surface area (Å²) in [6, 6.07) is 6.59. The lowest BCUT2D eigenvalue weighted by molar-refractivity contribution is 0.673. The summed E-state index contributed by atoms with van der Waals surface area (Å²) in [5.41, 5.74) is 4.91. The van der Waals surface area contributed by atoms with Crippen LogP contribution in [0.4, 0.5) is 0 Å². The molecule has 0 spiro atoms. The molecule has 18 heavy (non-hydrogen) atoms. The molecular weight excluding hydrogens is 240 g/mol. The van der Waals surface area contributed by atoms with Crippen LogP contribution in [0.5, 0.6) is 0 Å². The summed E-state index contributed by atoms with van der Waals surface area (Å²) in [6.07, 6.45) is 1.16. The summed E-state index contributed by atoms with van der Waals surface area (Å²) in [5.74, 6) is 0. The Hall–Kier alpha value is -1.19. The molecule has 0 saturated carbocycles. The third-order valence-corrected chi connectivity index (χ3v) is 3.62. The Bertz CT molecular complexity index is 497. The molecule has 96 valence electrons. The molecular formula is C15H20N2S. The number of rotatable bonds is 5. The van der Waals surface area contributed by atoms with Crippen molar-refractivity contribution >= 4 is 11.3 Å². The molecule has 1 aromatic heterocycles. The molecule has 3 heteroatoms. The molecule has 1 aromatic carbocycles. The van der Waals surface area contributed by atoms with E-state index in [2.05, 4.69) is 49.7 Å². The third-order valence-electron chi connectivity index (χ3n) is 2.77. The number of aromatic nitrogens is 1. The van der Waals surface area contributed by atoms with Crippen LogP contribution < -0.4 is 5.32 Å². The molecule has 1 heterocycles. The Balaban J connectivity index is 2.13. The predicted molar refractivity (Wildman–Crippen MR) is 79.0 cm³/mol. The van der Waals surface area contributed by atoms with E-state index in [0.717, 1.165) is 30.2 Å². The normalized spacial score (nSPS) is 10.8. The van der Waals surface area contributed by atoms with E-state index in [9.17, 15) is 0 Å². The van der Waals surface area contributed by atoms with E-state index in [1.54, 1.807) is 11.3 Å². The van der Waals surface area contributed by atoms with Crippen LogP contribution in [0.25, 0.3) is 11.3 Å². The number of nitrogens with one attached hydrogen (secondary N) is 1. The second-order valence-electron chi connectivity index (χ2n) is 4.68. The summed E-state index contributed by atoms with van der Waals surface area (Å²) in [6.45, 7) is 8.37. The minimum Gasteiger partial charge on any atom is -0.310 e. The summed E-state index contributed by atoms with van der Waals surface area (Å²) in [7, 11) is 0. The highest BCUT2D eigenvalue weighted by atomic mass is 32.1. The van der Waals surface area contributed by atoms with Crippen LogP contribution in [0.15, 0.2) is 23.6 Å². The van der Waals surface area contributed by atoms with Gasteiger partial charge in [-0.15, -0.1) is 11.3 Å². The van der Waals surface area contributed by atoms with E-state index in [4.69, 9.17) is 4.98 Å². The number of aryl methyl sites for hydroxylation is 2. The van der Waals surface area contributed by atoms with Gasteiger partial charge in [-0.2, -0.15) is 0 Å². The number of benzene rings is 1. The van der Waals surface area contributed by atoms with Crippen LogP contribution in [0, 0.1) is 13.8 Å². The van der Waals surface area contributed by atoms with Gasteiger partial charge in [0.2, 0.25) is 0 Å². The molecule has 0 aliphatic heterocycles. The van der Waals surface area contributed by atoms with Gasteiger partial charge >= 0.3 is 0 Å². The van der Waals surface area contributed by atoms with E-state index >= 15 is 0 Å². The lowest BCUT2D eigenvalue weighted by Crippen LogP contribution is -2.13. The van der Waals surface area contributed by atoms with Gasteiger partial charge in [-0.3, -0.25) is 0 Å². The Kier molecular flexibility index (Phi) is 4.50. The molecule has 1 N–H and O–H groups in total. The highest BCUT2D eigenvalue weighted by Gasteiger charge is 2.05. The molecule has 0 radical (unpaired) electrons. The first-order chi connectivity index (χ1) is 8.69. The van der Waals surface area contributed by atoms with Gasteiger partial charge in [0.25, 0.3) is 0 Å². The SMILES string of the molecule is CCCNCc1nc(-c2cc(C)cc(C)c2)cs1. The van der Waals surface area contributed by atoms with E-state index in [1.807, 2.05) is 0 Å².